The van der Waals surface area contributed by atoms with Crippen LogP contribution < -0.4 is 16.6 Å². The summed E-state index contributed by atoms with van der Waals surface area (Å²) < 4.78 is 5.15. The van der Waals surface area contributed by atoms with Crippen LogP contribution in [-0.2, 0) is 4.74 Å². The number of hydrazine groups is 1. The van der Waals surface area contributed by atoms with E-state index in [1.807, 2.05) is 0 Å². The van der Waals surface area contributed by atoms with Gasteiger partial charge in [0.05, 0.1) is 19.8 Å². The monoisotopic (exact) mass is 253 g/mol. The highest BCUT2D eigenvalue weighted by Crippen LogP contribution is 2.38. The summed E-state index contributed by atoms with van der Waals surface area (Å²) in [5, 5.41) is 11.7. The van der Waals surface area contributed by atoms with Gasteiger partial charge in [0.25, 0.3) is 0 Å². The van der Waals surface area contributed by atoms with E-state index in [4.69, 9.17) is 15.7 Å². The molecule has 2 rings (SSSR count). The van der Waals surface area contributed by atoms with E-state index in [2.05, 4.69) is 20.7 Å². The van der Waals surface area contributed by atoms with Crippen LogP contribution in [0.1, 0.15) is 24.6 Å². The molecular weight excluding hydrogens is 234 g/mol. The van der Waals surface area contributed by atoms with Crippen LogP contribution >= 0.6 is 0 Å². The molecule has 1 aromatic rings. The molecule has 7 nitrogen and oxygen atoms in total. The zero-order valence-corrected chi connectivity index (χ0v) is 10.2. The number of nitrogens with one attached hydrogen (secondary N) is 2. The Morgan fingerprint density at radius 1 is 1.33 bits per heavy atom. The minimum absolute atomic E-state index is 0.0422. The molecular formula is C11H19N5O2. The summed E-state index contributed by atoms with van der Waals surface area (Å²) in [4.78, 5) is 8.76. The number of nitrogen functional groups attached to an aromatic ring is 1. The molecule has 1 aliphatic carbocycles. The van der Waals surface area contributed by atoms with Gasteiger partial charge in [0.2, 0.25) is 0 Å². The molecule has 1 fully saturated rings. The van der Waals surface area contributed by atoms with Crippen molar-refractivity contribution in [2.45, 2.75) is 18.8 Å². The summed E-state index contributed by atoms with van der Waals surface area (Å²) in [7, 11) is 0. The first kappa shape index (κ1) is 13.0. The molecule has 18 heavy (non-hydrogen) atoms. The van der Waals surface area contributed by atoms with Crippen LogP contribution in [0.25, 0.3) is 0 Å². The highest BCUT2D eigenvalue weighted by atomic mass is 16.5. The van der Waals surface area contributed by atoms with Crippen molar-refractivity contribution in [1.29, 1.82) is 0 Å². The van der Waals surface area contributed by atoms with Crippen molar-refractivity contribution in [3.05, 3.63) is 11.9 Å². The summed E-state index contributed by atoms with van der Waals surface area (Å²) in [6, 6.07) is 1.76. The van der Waals surface area contributed by atoms with E-state index < -0.39 is 0 Å². The Morgan fingerprint density at radius 2 is 2.11 bits per heavy atom. The van der Waals surface area contributed by atoms with Crippen molar-refractivity contribution in [3.8, 4) is 0 Å². The van der Waals surface area contributed by atoms with Gasteiger partial charge in [-0.15, -0.1) is 0 Å². The summed E-state index contributed by atoms with van der Waals surface area (Å²) >= 11 is 0. The van der Waals surface area contributed by atoms with Crippen molar-refractivity contribution >= 4 is 11.6 Å². The zero-order valence-electron chi connectivity index (χ0n) is 10.2. The van der Waals surface area contributed by atoms with Gasteiger partial charge in [0.1, 0.15) is 17.5 Å². The third-order valence-electron chi connectivity index (χ3n) is 2.62. The molecule has 100 valence electrons. The molecule has 0 radical (unpaired) electrons. The Labute approximate surface area is 106 Å². The van der Waals surface area contributed by atoms with Gasteiger partial charge in [0, 0.05) is 18.5 Å². The number of aliphatic hydroxyl groups excluding tert-OH is 1. The number of anilines is 2. The van der Waals surface area contributed by atoms with Crippen molar-refractivity contribution in [3.63, 3.8) is 0 Å². The van der Waals surface area contributed by atoms with Crippen LogP contribution in [0, 0.1) is 0 Å². The van der Waals surface area contributed by atoms with Crippen LogP contribution in [0.2, 0.25) is 0 Å². The molecule has 1 saturated carbocycles. The standard InChI is InChI=1S/C11H19N5O2/c12-16-10-7-9(13-3-5-18-6-4-17)14-11(15-10)8-1-2-8/h7-8,17H,1-6,12H2,(H2,13,14,15,16). The van der Waals surface area contributed by atoms with E-state index in [1.165, 1.54) is 0 Å². The summed E-state index contributed by atoms with van der Waals surface area (Å²) in [5.74, 6) is 8.06. The lowest BCUT2D eigenvalue weighted by Crippen LogP contribution is -2.15. The van der Waals surface area contributed by atoms with E-state index in [9.17, 15) is 0 Å². The second kappa shape index (κ2) is 6.48. The van der Waals surface area contributed by atoms with Gasteiger partial charge in [-0.3, -0.25) is 0 Å². The van der Waals surface area contributed by atoms with Crippen LogP contribution in [0.4, 0.5) is 11.6 Å². The van der Waals surface area contributed by atoms with Crippen LogP contribution in [0.15, 0.2) is 6.07 Å². The molecule has 0 aliphatic heterocycles. The molecule has 0 saturated heterocycles. The maximum atomic E-state index is 8.57. The van der Waals surface area contributed by atoms with E-state index in [0.717, 1.165) is 24.5 Å². The predicted molar refractivity (Wildman–Crippen MR) is 68.2 cm³/mol. The second-order valence-electron chi connectivity index (χ2n) is 4.18. The van der Waals surface area contributed by atoms with E-state index in [1.54, 1.807) is 6.07 Å². The molecule has 5 N–H and O–H groups in total. The fourth-order valence-electron chi connectivity index (χ4n) is 1.57. The molecule has 1 heterocycles. The lowest BCUT2D eigenvalue weighted by atomic mass is 10.4. The molecule has 7 heteroatoms. The van der Waals surface area contributed by atoms with Crippen molar-refractivity contribution in [2.24, 2.45) is 5.84 Å². The first-order valence-electron chi connectivity index (χ1n) is 6.11. The molecule has 0 aromatic carbocycles. The molecule has 0 amide bonds. The maximum absolute atomic E-state index is 8.57. The topological polar surface area (TPSA) is 105 Å². The first-order valence-corrected chi connectivity index (χ1v) is 6.11. The van der Waals surface area contributed by atoms with Gasteiger partial charge in [0.15, 0.2) is 0 Å². The lowest BCUT2D eigenvalue weighted by molar-refractivity contribution is 0.0992. The minimum Gasteiger partial charge on any atom is -0.394 e. The van der Waals surface area contributed by atoms with Crippen LogP contribution in [0.3, 0.4) is 0 Å². The minimum atomic E-state index is 0.0422. The van der Waals surface area contributed by atoms with Crippen LogP contribution in [0.5, 0.6) is 0 Å². The van der Waals surface area contributed by atoms with Crippen molar-refractivity contribution in [2.75, 3.05) is 37.1 Å². The summed E-state index contributed by atoms with van der Waals surface area (Å²) in [6.07, 6.45) is 2.29. The van der Waals surface area contributed by atoms with Gasteiger partial charge in [-0.05, 0) is 12.8 Å². The fourth-order valence-corrected chi connectivity index (χ4v) is 1.57. The number of aliphatic hydroxyl groups is 1. The van der Waals surface area contributed by atoms with Gasteiger partial charge in [-0.1, -0.05) is 0 Å². The number of hydrogen-bond acceptors (Lipinski definition) is 7. The number of ether oxygens (including phenoxy) is 1. The SMILES string of the molecule is NNc1cc(NCCOCCO)nc(C2CC2)n1. The second-order valence-corrected chi connectivity index (χ2v) is 4.18. The summed E-state index contributed by atoms with van der Waals surface area (Å²) in [6.45, 7) is 1.55. The third kappa shape index (κ3) is 3.80. The number of nitrogens with two attached hydrogens (primary N) is 1. The average Bonchev–Trinajstić information content (AvgIpc) is 3.22. The lowest BCUT2D eigenvalue weighted by Gasteiger charge is -2.09. The predicted octanol–water partition coefficient (Wildman–Crippen LogP) is 0.0604. The molecule has 0 unspecified atom stereocenters. The normalized spacial score (nSPS) is 14.6. The average molecular weight is 253 g/mol. The van der Waals surface area contributed by atoms with Crippen molar-refractivity contribution in [1.82, 2.24) is 9.97 Å². The van der Waals surface area contributed by atoms with Crippen LogP contribution in [-0.4, -0.2) is 41.4 Å². The van der Waals surface area contributed by atoms with Gasteiger partial charge in [-0.25, -0.2) is 15.8 Å². The highest BCUT2D eigenvalue weighted by molar-refractivity contribution is 5.47. The number of rotatable bonds is 8. The van der Waals surface area contributed by atoms with Crippen molar-refractivity contribution < 1.29 is 9.84 Å². The Hall–Kier alpha value is -1.44. The van der Waals surface area contributed by atoms with Gasteiger partial charge in [-0.2, -0.15) is 0 Å². The maximum Gasteiger partial charge on any atom is 0.145 e. The summed E-state index contributed by atoms with van der Waals surface area (Å²) in [5.41, 5.74) is 2.55. The number of nitrogens with zero attached hydrogens (tertiary/aromatic N) is 2. The third-order valence-corrected chi connectivity index (χ3v) is 2.62. The highest BCUT2D eigenvalue weighted by Gasteiger charge is 2.27. The largest absolute Gasteiger partial charge is 0.394 e. The smallest absolute Gasteiger partial charge is 0.145 e. The Kier molecular flexibility index (Phi) is 4.68. The van der Waals surface area contributed by atoms with E-state index in [-0.39, 0.29) is 6.61 Å². The van der Waals surface area contributed by atoms with E-state index in [0.29, 0.717) is 31.5 Å². The zero-order chi connectivity index (χ0) is 12.8. The molecule has 0 atom stereocenters. The first-order chi connectivity index (χ1) is 8.83. The molecule has 0 spiro atoms. The Bertz CT molecular complexity index is 384. The quantitative estimate of drug-likeness (QED) is 0.295. The number of aromatic nitrogens is 2. The molecule has 1 aliphatic rings. The van der Waals surface area contributed by atoms with Gasteiger partial charge < -0.3 is 20.6 Å². The van der Waals surface area contributed by atoms with E-state index >= 15 is 0 Å². The number of hydrogen-bond donors (Lipinski definition) is 4. The Balaban J connectivity index is 1.88. The van der Waals surface area contributed by atoms with Gasteiger partial charge >= 0.3 is 0 Å². The Morgan fingerprint density at radius 3 is 2.78 bits per heavy atom. The molecule has 1 aromatic heterocycles. The molecule has 0 bridgehead atoms. The fraction of sp³-hybridized carbons (Fsp3) is 0.636.